The molecule has 3 aliphatic rings. The van der Waals surface area contributed by atoms with Gasteiger partial charge in [-0.25, -0.2) is 0 Å². The fraction of sp³-hybridized carbons (Fsp3) is 0.667. The van der Waals surface area contributed by atoms with Crippen LogP contribution in [0.4, 0.5) is 0 Å². The summed E-state index contributed by atoms with van der Waals surface area (Å²) in [6.45, 7) is 6.46. The van der Waals surface area contributed by atoms with Crippen molar-refractivity contribution >= 4 is 17.7 Å². The summed E-state index contributed by atoms with van der Waals surface area (Å²) in [5.41, 5.74) is 1.67. The Morgan fingerprint density at radius 1 is 1.03 bits per heavy atom. The molecule has 7 heteroatoms. The molecule has 1 atom stereocenters. The van der Waals surface area contributed by atoms with E-state index in [1.807, 2.05) is 26.8 Å². The summed E-state index contributed by atoms with van der Waals surface area (Å²) in [6.07, 6.45) is 8.11. The fourth-order valence-corrected chi connectivity index (χ4v) is 5.13. The predicted octanol–water partition coefficient (Wildman–Crippen LogP) is 2.67. The van der Waals surface area contributed by atoms with Crippen molar-refractivity contribution in [1.82, 2.24) is 19.7 Å². The van der Waals surface area contributed by atoms with Crippen LogP contribution in [0.15, 0.2) is 18.3 Å². The lowest BCUT2D eigenvalue weighted by molar-refractivity contribution is -0.136. The van der Waals surface area contributed by atoms with Gasteiger partial charge in [0.25, 0.3) is 5.91 Å². The first-order valence-corrected chi connectivity index (χ1v) is 11.9. The number of hydrogen-bond donors (Lipinski definition) is 0. The van der Waals surface area contributed by atoms with Crippen LogP contribution in [0.1, 0.15) is 73.8 Å². The summed E-state index contributed by atoms with van der Waals surface area (Å²) < 4.78 is 0. The van der Waals surface area contributed by atoms with Gasteiger partial charge in [-0.2, -0.15) is 0 Å². The molecular formula is C24H34N4O3. The molecule has 0 spiro atoms. The molecule has 0 saturated carbocycles. The van der Waals surface area contributed by atoms with Crippen molar-refractivity contribution in [3.63, 3.8) is 0 Å². The van der Waals surface area contributed by atoms with Gasteiger partial charge >= 0.3 is 0 Å². The molecule has 0 N–H and O–H groups in total. The molecule has 3 aliphatic heterocycles. The summed E-state index contributed by atoms with van der Waals surface area (Å²) in [4.78, 5) is 47.9. The largest absolute Gasteiger partial charge is 0.342 e. The second kappa shape index (κ2) is 9.79. The first kappa shape index (κ1) is 21.8. The number of amides is 3. The van der Waals surface area contributed by atoms with Gasteiger partial charge in [-0.1, -0.05) is 6.92 Å². The Morgan fingerprint density at radius 3 is 2.42 bits per heavy atom. The zero-order valence-electron chi connectivity index (χ0n) is 18.6. The first-order chi connectivity index (χ1) is 15.1. The van der Waals surface area contributed by atoms with E-state index in [-0.39, 0.29) is 23.6 Å². The number of likely N-dealkylation sites (tertiary alicyclic amines) is 3. The van der Waals surface area contributed by atoms with Crippen molar-refractivity contribution in [3.05, 3.63) is 29.6 Å². The fourth-order valence-electron chi connectivity index (χ4n) is 5.13. The number of nitrogens with zero attached hydrogens (tertiary/aromatic N) is 4. The lowest BCUT2D eigenvalue weighted by atomic mass is 9.92. The molecule has 0 aromatic carbocycles. The van der Waals surface area contributed by atoms with Crippen LogP contribution in [0, 0.1) is 5.92 Å². The molecule has 0 bridgehead atoms. The lowest BCUT2D eigenvalue weighted by Crippen LogP contribution is -2.42. The predicted molar refractivity (Wildman–Crippen MR) is 118 cm³/mol. The van der Waals surface area contributed by atoms with Crippen molar-refractivity contribution < 1.29 is 14.4 Å². The van der Waals surface area contributed by atoms with Crippen LogP contribution < -0.4 is 0 Å². The van der Waals surface area contributed by atoms with Gasteiger partial charge in [0.1, 0.15) is 0 Å². The molecule has 31 heavy (non-hydrogen) atoms. The third-order valence-corrected chi connectivity index (χ3v) is 6.96. The quantitative estimate of drug-likeness (QED) is 0.726. The summed E-state index contributed by atoms with van der Waals surface area (Å²) >= 11 is 0. The smallest absolute Gasteiger partial charge is 0.255 e. The molecule has 4 rings (SSSR count). The van der Waals surface area contributed by atoms with Gasteiger partial charge in [0.05, 0.1) is 11.5 Å². The van der Waals surface area contributed by atoms with E-state index in [2.05, 4.69) is 11.9 Å². The third-order valence-electron chi connectivity index (χ3n) is 6.96. The number of piperidine rings is 2. The van der Waals surface area contributed by atoms with Gasteiger partial charge in [-0.05, 0) is 50.7 Å². The molecular weight excluding hydrogens is 392 g/mol. The van der Waals surface area contributed by atoms with Crippen molar-refractivity contribution in [2.75, 3.05) is 39.3 Å². The molecule has 0 unspecified atom stereocenters. The topological polar surface area (TPSA) is 73.8 Å². The minimum absolute atomic E-state index is 0.0855. The van der Waals surface area contributed by atoms with Crippen LogP contribution in [0.3, 0.4) is 0 Å². The lowest BCUT2D eigenvalue weighted by Gasteiger charge is -2.33. The van der Waals surface area contributed by atoms with Gasteiger partial charge < -0.3 is 14.7 Å². The highest BCUT2D eigenvalue weighted by atomic mass is 16.2. The van der Waals surface area contributed by atoms with Crippen LogP contribution in [0.2, 0.25) is 0 Å². The van der Waals surface area contributed by atoms with Crippen LogP contribution in [-0.2, 0) is 9.59 Å². The Hall–Kier alpha value is -2.44. The normalized spacial score (nSPS) is 22.8. The average Bonchev–Trinajstić information content (AvgIpc) is 3.19. The molecule has 168 valence electrons. The van der Waals surface area contributed by atoms with E-state index in [1.54, 1.807) is 6.20 Å². The van der Waals surface area contributed by atoms with Crippen LogP contribution >= 0.6 is 0 Å². The summed E-state index contributed by atoms with van der Waals surface area (Å²) in [5.74, 6) is 0.445. The molecule has 0 radical (unpaired) electrons. The maximum Gasteiger partial charge on any atom is 0.255 e. The zero-order chi connectivity index (χ0) is 21.8. The van der Waals surface area contributed by atoms with E-state index < -0.39 is 0 Å². The molecule has 1 aromatic heterocycles. The summed E-state index contributed by atoms with van der Waals surface area (Å²) in [6, 6.07) is 3.89. The van der Waals surface area contributed by atoms with Crippen molar-refractivity contribution in [3.8, 4) is 0 Å². The standard InChI is InChI=1S/C24H34N4O3/c1-2-10-28-17-20(15-22(28)29)24(31)27-13-8-18(9-14-27)21-7-6-19(16-25-21)23(30)26-11-4-3-5-12-26/h6-7,16,18,20H,2-5,8-15,17H2,1H3/t20-/m0/s1. The van der Waals surface area contributed by atoms with Crippen molar-refractivity contribution in [2.24, 2.45) is 5.92 Å². The Bertz CT molecular complexity index is 796. The van der Waals surface area contributed by atoms with Gasteiger partial charge in [-0.15, -0.1) is 0 Å². The van der Waals surface area contributed by atoms with E-state index in [0.29, 0.717) is 37.5 Å². The Morgan fingerprint density at radius 2 is 1.77 bits per heavy atom. The summed E-state index contributed by atoms with van der Waals surface area (Å²) in [5, 5.41) is 0. The SMILES string of the molecule is CCCN1C[C@@H](C(=O)N2CCC(c3ccc(C(=O)N4CCCCC4)cn3)CC2)CC1=O. The summed E-state index contributed by atoms with van der Waals surface area (Å²) in [7, 11) is 0. The molecule has 3 saturated heterocycles. The molecule has 1 aromatic rings. The molecule has 4 heterocycles. The van der Waals surface area contributed by atoms with Gasteiger partial charge in [0.15, 0.2) is 0 Å². The number of aromatic nitrogens is 1. The zero-order valence-corrected chi connectivity index (χ0v) is 18.6. The highest BCUT2D eigenvalue weighted by molar-refractivity contribution is 5.94. The number of hydrogen-bond acceptors (Lipinski definition) is 4. The second-order valence-corrected chi connectivity index (χ2v) is 9.16. The second-order valence-electron chi connectivity index (χ2n) is 9.16. The highest BCUT2D eigenvalue weighted by Gasteiger charge is 2.37. The van der Waals surface area contributed by atoms with Crippen molar-refractivity contribution in [1.29, 1.82) is 0 Å². The van der Waals surface area contributed by atoms with Crippen molar-refractivity contribution in [2.45, 2.75) is 57.8 Å². The number of rotatable bonds is 5. The van der Waals surface area contributed by atoms with E-state index in [4.69, 9.17) is 0 Å². The third kappa shape index (κ3) is 4.91. The van der Waals surface area contributed by atoms with Gasteiger partial charge in [0.2, 0.25) is 11.8 Å². The number of carbonyl (C=O) groups excluding carboxylic acids is 3. The minimum Gasteiger partial charge on any atom is -0.342 e. The van der Waals surface area contributed by atoms with E-state index in [1.165, 1.54) is 6.42 Å². The Balaban J connectivity index is 1.29. The molecule has 3 fully saturated rings. The van der Waals surface area contributed by atoms with Gasteiger partial charge in [0, 0.05) is 63.5 Å². The maximum absolute atomic E-state index is 12.9. The maximum atomic E-state index is 12.9. The molecule has 0 aliphatic carbocycles. The van der Waals surface area contributed by atoms with E-state index in [9.17, 15) is 14.4 Å². The number of carbonyl (C=O) groups is 3. The van der Waals surface area contributed by atoms with Crippen LogP contribution in [0.5, 0.6) is 0 Å². The monoisotopic (exact) mass is 426 g/mol. The Labute approximate surface area is 184 Å². The molecule has 3 amide bonds. The van der Waals surface area contributed by atoms with E-state index >= 15 is 0 Å². The first-order valence-electron chi connectivity index (χ1n) is 11.9. The number of pyridine rings is 1. The minimum atomic E-state index is -0.186. The van der Waals surface area contributed by atoms with Gasteiger partial charge in [-0.3, -0.25) is 19.4 Å². The highest BCUT2D eigenvalue weighted by Crippen LogP contribution is 2.29. The Kier molecular flexibility index (Phi) is 6.88. The molecule has 7 nitrogen and oxygen atoms in total. The average molecular weight is 427 g/mol. The van der Waals surface area contributed by atoms with Crippen LogP contribution in [0.25, 0.3) is 0 Å². The van der Waals surface area contributed by atoms with Crippen LogP contribution in [-0.4, -0.2) is 76.7 Å². The van der Waals surface area contributed by atoms with E-state index in [0.717, 1.165) is 57.4 Å².